The summed E-state index contributed by atoms with van der Waals surface area (Å²) in [6.45, 7) is 2.95. The van der Waals surface area contributed by atoms with Gasteiger partial charge in [0.05, 0.1) is 5.25 Å². The second-order valence-corrected chi connectivity index (χ2v) is 6.92. The fourth-order valence-electron chi connectivity index (χ4n) is 2.63. The molecule has 1 amide bonds. The Kier molecular flexibility index (Phi) is 3.52. The molecule has 2 aliphatic rings. The summed E-state index contributed by atoms with van der Waals surface area (Å²) in [5.74, 6) is 0.0815. The Balaban J connectivity index is 1.63. The van der Waals surface area contributed by atoms with Gasteiger partial charge in [-0.05, 0) is 43.9 Å². The van der Waals surface area contributed by atoms with Gasteiger partial charge in [0.2, 0.25) is 5.91 Å². The number of likely N-dealkylation sites (tertiary alicyclic amines) is 1. The molecule has 1 aromatic rings. The number of amides is 1. The molecule has 1 aromatic carbocycles. The van der Waals surface area contributed by atoms with Crippen molar-refractivity contribution < 1.29 is 9.18 Å². The molecule has 0 spiro atoms. The first-order chi connectivity index (χ1) is 9.15. The average molecular weight is 279 g/mol. The third-order valence-electron chi connectivity index (χ3n) is 3.86. The van der Waals surface area contributed by atoms with Crippen LogP contribution in [0.2, 0.25) is 0 Å². The number of thioether (sulfide) groups is 1. The first kappa shape index (κ1) is 13.0. The van der Waals surface area contributed by atoms with Crippen molar-refractivity contribution in [2.45, 2.75) is 42.7 Å². The zero-order valence-corrected chi connectivity index (χ0v) is 11.8. The minimum Gasteiger partial charge on any atom is -0.339 e. The van der Waals surface area contributed by atoms with E-state index >= 15 is 0 Å². The van der Waals surface area contributed by atoms with Crippen LogP contribution in [0.4, 0.5) is 4.39 Å². The Labute approximate surface area is 117 Å². The molecule has 1 aliphatic heterocycles. The van der Waals surface area contributed by atoms with Crippen LogP contribution in [0.15, 0.2) is 24.3 Å². The molecule has 2 atom stereocenters. The fourth-order valence-corrected chi connectivity index (χ4v) is 3.92. The summed E-state index contributed by atoms with van der Waals surface area (Å²) in [5, 5.41) is 0.211. The van der Waals surface area contributed by atoms with E-state index in [-0.39, 0.29) is 22.2 Å². The highest BCUT2D eigenvalue weighted by atomic mass is 32.2. The van der Waals surface area contributed by atoms with E-state index in [0.29, 0.717) is 6.04 Å². The summed E-state index contributed by atoms with van der Waals surface area (Å²) < 4.78 is 13.2. The van der Waals surface area contributed by atoms with Crippen molar-refractivity contribution >= 4 is 17.7 Å². The van der Waals surface area contributed by atoms with Crippen molar-refractivity contribution in [3.63, 3.8) is 0 Å². The lowest BCUT2D eigenvalue weighted by Gasteiger charge is -2.18. The molecule has 0 radical (unpaired) electrons. The smallest absolute Gasteiger partial charge is 0.236 e. The van der Waals surface area contributed by atoms with Crippen molar-refractivity contribution in [3.05, 3.63) is 35.6 Å². The SMILES string of the molecule is C[C@@H](S[C@@H]1CCN(C2CC2)C1=O)c1cccc(F)c1. The Hall–Kier alpha value is -1.03. The van der Waals surface area contributed by atoms with Crippen LogP contribution >= 0.6 is 11.8 Å². The van der Waals surface area contributed by atoms with Crippen molar-refractivity contribution in [2.75, 3.05) is 6.54 Å². The zero-order chi connectivity index (χ0) is 13.4. The molecule has 0 unspecified atom stereocenters. The van der Waals surface area contributed by atoms with Crippen LogP contribution in [0, 0.1) is 5.82 Å². The Morgan fingerprint density at radius 2 is 2.16 bits per heavy atom. The molecule has 1 saturated heterocycles. The standard InChI is InChI=1S/C15H18FNOS/c1-10(11-3-2-4-12(16)9-11)19-14-7-8-17(15(14)18)13-5-6-13/h2-4,9-10,13-14H,5-8H2,1H3/t10-,14-/m1/s1. The van der Waals surface area contributed by atoms with Gasteiger partial charge in [0.25, 0.3) is 0 Å². The summed E-state index contributed by atoms with van der Waals surface area (Å²) in [5.41, 5.74) is 0.961. The molecular weight excluding hydrogens is 261 g/mol. The van der Waals surface area contributed by atoms with Crippen LogP contribution < -0.4 is 0 Å². The fraction of sp³-hybridized carbons (Fsp3) is 0.533. The van der Waals surface area contributed by atoms with E-state index in [9.17, 15) is 9.18 Å². The second kappa shape index (κ2) is 5.16. The molecular formula is C15H18FNOS. The maximum atomic E-state index is 13.2. The highest BCUT2D eigenvalue weighted by Gasteiger charge is 2.41. The summed E-state index contributed by atoms with van der Waals surface area (Å²) in [6, 6.07) is 7.20. The molecule has 19 heavy (non-hydrogen) atoms. The van der Waals surface area contributed by atoms with E-state index in [1.165, 1.54) is 18.9 Å². The number of carbonyl (C=O) groups excluding carboxylic acids is 1. The average Bonchev–Trinajstić information content (AvgIpc) is 3.16. The molecule has 102 valence electrons. The van der Waals surface area contributed by atoms with Crippen LogP contribution in [0.3, 0.4) is 0 Å². The maximum Gasteiger partial charge on any atom is 0.236 e. The van der Waals surface area contributed by atoms with E-state index < -0.39 is 0 Å². The normalized spacial score (nSPS) is 24.8. The van der Waals surface area contributed by atoms with Gasteiger partial charge < -0.3 is 4.90 Å². The number of carbonyl (C=O) groups is 1. The number of hydrogen-bond acceptors (Lipinski definition) is 2. The Morgan fingerprint density at radius 1 is 1.37 bits per heavy atom. The van der Waals surface area contributed by atoms with Crippen LogP contribution in [-0.2, 0) is 4.79 Å². The molecule has 2 nitrogen and oxygen atoms in total. The molecule has 1 saturated carbocycles. The van der Waals surface area contributed by atoms with Gasteiger partial charge in [-0.3, -0.25) is 4.79 Å². The van der Waals surface area contributed by atoms with E-state index in [1.807, 2.05) is 17.9 Å². The van der Waals surface area contributed by atoms with Gasteiger partial charge in [0.1, 0.15) is 5.82 Å². The summed E-state index contributed by atoms with van der Waals surface area (Å²) in [6.07, 6.45) is 3.27. The van der Waals surface area contributed by atoms with Gasteiger partial charge in [-0.25, -0.2) is 4.39 Å². The quantitative estimate of drug-likeness (QED) is 0.842. The minimum atomic E-state index is -0.206. The first-order valence-electron chi connectivity index (χ1n) is 6.86. The topological polar surface area (TPSA) is 20.3 Å². The molecule has 0 bridgehead atoms. The zero-order valence-electron chi connectivity index (χ0n) is 11.0. The molecule has 1 aliphatic carbocycles. The summed E-state index contributed by atoms with van der Waals surface area (Å²) in [7, 11) is 0. The molecule has 2 fully saturated rings. The molecule has 0 aromatic heterocycles. The molecule has 1 heterocycles. The number of benzene rings is 1. The van der Waals surface area contributed by atoms with Gasteiger partial charge in [-0.2, -0.15) is 0 Å². The van der Waals surface area contributed by atoms with Crippen LogP contribution in [0.25, 0.3) is 0 Å². The van der Waals surface area contributed by atoms with Gasteiger partial charge in [0.15, 0.2) is 0 Å². The second-order valence-electron chi connectivity index (χ2n) is 5.37. The van der Waals surface area contributed by atoms with E-state index in [4.69, 9.17) is 0 Å². The number of halogens is 1. The Bertz CT molecular complexity index is 489. The number of nitrogens with zero attached hydrogens (tertiary/aromatic N) is 1. The molecule has 4 heteroatoms. The van der Waals surface area contributed by atoms with E-state index in [2.05, 4.69) is 0 Å². The predicted molar refractivity (Wildman–Crippen MR) is 75.5 cm³/mol. The molecule has 0 N–H and O–H groups in total. The number of rotatable bonds is 4. The predicted octanol–water partition coefficient (Wildman–Crippen LogP) is 3.38. The van der Waals surface area contributed by atoms with Gasteiger partial charge in [-0.1, -0.05) is 12.1 Å². The lowest BCUT2D eigenvalue weighted by Crippen LogP contribution is -2.30. The van der Waals surface area contributed by atoms with Gasteiger partial charge in [0, 0.05) is 17.8 Å². The van der Waals surface area contributed by atoms with E-state index in [1.54, 1.807) is 23.9 Å². The van der Waals surface area contributed by atoms with Crippen molar-refractivity contribution in [1.82, 2.24) is 4.90 Å². The van der Waals surface area contributed by atoms with Crippen LogP contribution in [0.1, 0.15) is 37.0 Å². The summed E-state index contributed by atoms with van der Waals surface area (Å²) in [4.78, 5) is 14.3. The third kappa shape index (κ3) is 2.78. The summed E-state index contributed by atoms with van der Waals surface area (Å²) >= 11 is 1.67. The van der Waals surface area contributed by atoms with Crippen molar-refractivity contribution in [2.24, 2.45) is 0 Å². The van der Waals surface area contributed by atoms with Crippen molar-refractivity contribution in [1.29, 1.82) is 0 Å². The number of hydrogen-bond donors (Lipinski definition) is 0. The monoisotopic (exact) mass is 279 g/mol. The maximum absolute atomic E-state index is 13.2. The lowest BCUT2D eigenvalue weighted by molar-refractivity contribution is -0.127. The van der Waals surface area contributed by atoms with Crippen molar-refractivity contribution in [3.8, 4) is 0 Å². The van der Waals surface area contributed by atoms with Crippen LogP contribution in [-0.4, -0.2) is 28.6 Å². The minimum absolute atomic E-state index is 0.0545. The van der Waals surface area contributed by atoms with Gasteiger partial charge >= 0.3 is 0 Å². The van der Waals surface area contributed by atoms with Crippen LogP contribution in [0.5, 0.6) is 0 Å². The Morgan fingerprint density at radius 3 is 2.84 bits per heavy atom. The van der Waals surface area contributed by atoms with E-state index in [0.717, 1.165) is 18.5 Å². The highest BCUT2D eigenvalue weighted by molar-refractivity contribution is 8.00. The highest BCUT2D eigenvalue weighted by Crippen LogP contribution is 2.39. The van der Waals surface area contributed by atoms with Gasteiger partial charge in [-0.15, -0.1) is 11.8 Å². The molecule has 3 rings (SSSR count). The largest absolute Gasteiger partial charge is 0.339 e. The third-order valence-corrected chi connectivity index (χ3v) is 5.31. The lowest BCUT2D eigenvalue weighted by atomic mass is 10.2. The first-order valence-corrected chi connectivity index (χ1v) is 7.81.